The number of carbonyl (C=O) groups excluding carboxylic acids is 1. The van der Waals surface area contributed by atoms with Crippen LogP contribution in [-0.4, -0.2) is 44.8 Å². The standard InChI is InChI=1S/C15H21N3O3/c1-9(15(20)21)12-7-18(8-12)14(19)6-5-13-10(2)16-17(4)11(13)3/h5-6,9,12H,7-8H2,1-4H3,(H,20,21)/b6-5+. The van der Waals surface area contributed by atoms with E-state index >= 15 is 0 Å². The van der Waals surface area contributed by atoms with Gasteiger partial charge in [0, 0.05) is 43.4 Å². The number of aliphatic carboxylic acids is 1. The van der Waals surface area contributed by atoms with Gasteiger partial charge in [0.2, 0.25) is 5.91 Å². The number of aromatic nitrogens is 2. The summed E-state index contributed by atoms with van der Waals surface area (Å²) in [7, 11) is 1.87. The molecule has 2 rings (SSSR count). The first kappa shape index (κ1) is 15.3. The molecule has 6 nitrogen and oxygen atoms in total. The van der Waals surface area contributed by atoms with Gasteiger partial charge in [0.25, 0.3) is 0 Å². The predicted octanol–water partition coefficient (Wildman–Crippen LogP) is 1.23. The number of carboxylic acids is 1. The number of rotatable bonds is 4. The molecular weight excluding hydrogens is 270 g/mol. The van der Waals surface area contributed by atoms with Gasteiger partial charge in [0.15, 0.2) is 0 Å². The number of nitrogens with zero attached hydrogens (tertiary/aromatic N) is 3. The maximum atomic E-state index is 12.0. The minimum atomic E-state index is -0.802. The van der Waals surface area contributed by atoms with Crippen molar-refractivity contribution in [1.29, 1.82) is 0 Å². The Kier molecular flexibility index (Phi) is 4.16. The van der Waals surface area contributed by atoms with Crippen molar-refractivity contribution >= 4 is 18.0 Å². The number of hydrogen-bond acceptors (Lipinski definition) is 3. The van der Waals surface area contributed by atoms with Crippen LogP contribution in [0.15, 0.2) is 6.08 Å². The zero-order chi connectivity index (χ0) is 15.7. The monoisotopic (exact) mass is 291 g/mol. The normalized spacial score (nSPS) is 17.0. The molecule has 0 spiro atoms. The Balaban J connectivity index is 1.95. The zero-order valence-corrected chi connectivity index (χ0v) is 12.8. The van der Waals surface area contributed by atoms with Gasteiger partial charge >= 0.3 is 5.97 Å². The summed E-state index contributed by atoms with van der Waals surface area (Å²) in [5, 5.41) is 13.2. The van der Waals surface area contributed by atoms with Crippen molar-refractivity contribution in [3.63, 3.8) is 0 Å². The SMILES string of the molecule is Cc1nn(C)c(C)c1/C=C/C(=O)N1CC(C(C)C(=O)O)C1. The van der Waals surface area contributed by atoms with Crippen molar-refractivity contribution in [2.75, 3.05) is 13.1 Å². The maximum Gasteiger partial charge on any atom is 0.306 e. The van der Waals surface area contributed by atoms with E-state index in [9.17, 15) is 9.59 Å². The number of amides is 1. The average molecular weight is 291 g/mol. The summed E-state index contributed by atoms with van der Waals surface area (Å²) < 4.78 is 1.79. The van der Waals surface area contributed by atoms with E-state index in [1.165, 1.54) is 0 Å². The number of likely N-dealkylation sites (tertiary alicyclic amines) is 1. The Morgan fingerprint density at radius 3 is 2.48 bits per heavy atom. The van der Waals surface area contributed by atoms with Crippen LogP contribution in [0, 0.1) is 25.7 Å². The number of carboxylic acid groups (broad SMARTS) is 1. The molecule has 0 radical (unpaired) electrons. The lowest BCUT2D eigenvalue weighted by Crippen LogP contribution is -2.53. The van der Waals surface area contributed by atoms with E-state index in [1.54, 1.807) is 28.7 Å². The molecule has 0 aromatic carbocycles. The summed E-state index contributed by atoms with van der Waals surface area (Å²) in [6.45, 7) is 6.58. The fourth-order valence-electron chi connectivity index (χ4n) is 2.50. The molecule has 1 amide bonds. The Morgan fingerprint density at radius 2 is 2.00 bits per heavy atom. The van der Waals surface area contributed by atoms with E-state index in [-0.39, 0.29) is 11.8 Å². The molecule has 1 saturated heterocycles. The highest BCUT2D eigenvalue weighted by Gasteiger charge is 2.36. The molecule has 1 unspecified atom stereocenters. The lowest BCUT2D eigenvalue weighted by molar-refractivity contribution is -0.148. The molecule has 6 heteroatoms. The third-order valence-corrected chi connectivity index (χ3v) is 4.28. The van der Waals surface area contributed by atoms with Crippen molar-refractivity contribution in [3.05, 3.63) is 23.0 Å². The van der Waals surface area contributed by atoms with Gasteiger partial charge in [-0.05, 0) is 19.9 Å². The Hall–Kier alpha value is -2.11. The van der Waals surface area contributed by atoms with Crippen molar-refractivity contribution < 1.29 is 14.7 Å². The zero-order valence-electron chi connectivity index (χ0n) is 12.8. The van der Waals surface area contributed by atoms with E-state index in [0.29, 0.717) is 13.1 Å². The Morgan fingerprint density at radius 1 is 1.38 bits per heavy atom. The number of aryl methyl sites for hydroxylation is 2. The van der Waals surface area contributed by atoms with Crippen molar-refractivity contribution in [2.45, 2.75) is 20.8 Å². The van der Waals surface area contributed by atoms with E-state index in [1.807, 2.05) is 20.9 Å². The van der Waals surface area contributed by atoms with E-state index in [0.717, 1.165) is 17.0 Å². The molecule has 1 N–H and O–H groups in total. The van der Waals surface area contributed by atoms with Crippen LogP contribution in [0.2, 0.25) is 0 Å². The molecule has 1 aromatic rings. The van der Waals surface area contributed by atoms with Gasteiger partial charge in [-0.2, -0.15) is 5.10 Å². The van der Waals surface area contributed by atoms with Crippen LogP contribution < -0.4 is 0 Å². The first-order valence-electron chi connectivity index (χ1n) is 7.01. The fourth-order valence-corrected chi connectivity index (χ4v) is 2.50. The number of hydrogen-bond donors (Lipinski definition) is 1. The van der Waals surface area contributed by atoms with Gasteiger partial charge in [-0.25, -0.2) is 0 Å². The summed E-state index contributed by atoms with van der Waals surface area (Å²) in [5.74, 6) is -1.22. The van der Waals surface area contributed by atoms with Crippen LogP contribution in [0.25, 0.3) is 6.08 Å². The summed E-state index contributed by atoms with van der Waals surface area (Å²) in [5.41, 5.74) is 2.86. The molecule has 21 heavy (non-hydrogen) atoms. The van der Waals surface area contributed by atoms with Gasteiger partial charge in [-0.15, -0.1) is 0 Å². The topological polar surface area (TPSA) is 75.4 Å². The molecule has 2 heterocycles. The number of carbonyl (C=O) groups is 2. The third kappa shape index (κ3) is 2.99. The minimum Gasteiger partial charge on any atom is -0.481 e. The van der Waals surface area contributed by atoms with Crippen LogP contribution in [0.1, 0.15) is 23.9 Å². The molecule has 1 atom stereocenters. The summed E-state index contributed by atoms with van der Waals surface area (Å²) in [6, 6.07) is 0. The lowest BCUT2D eigenvalue weighted by atomic mass is 9.87. The molecular formula is C15H21N3O3. The molecule has 1 fully saturated rings. The van der Waals surface area contributed by atoms with E-state index in [2.05, 4.69) is 5.10 Å². The second kappa shape index (κ2) is 5.71. The van der Waals surface area contributed by atoms with Gasteiger partial charge in [-0.1, -0.05) is 6.92 Å². The van der Waals surface area contributed by atoms with Crippen molar-refractivity contribution in [2.24, 2.45) is 18.9 Å². The smallest absolute Gasteiger partial charge is 0.306 e. The largest absolute Gasteiger partial charge is 0.481 e. The van der Waals surface area contributed by atoms with Crippen LogP contribution in [0.3, 0.4) is 0 Å². The van der Waals surface area contributed by atoms with Crippen molar-refractivity contribution in [1.82, 2.24) is 14.7 Å². The van der Waals surface area contributed by atoms with E-state index < -0.39 is 11.9 Å². The Labute approximate surface area is 124 Å². The molecule has 0 aliphatic carbocycles. The van der Waals surface area contributed by atoms with Gasteiger partial charge in [0.05, 0.1) is 11.6 Å². The predicted molar refractivity (Wildman–Crippen MR) is 78.6 cm³/mol. The second-order valence-corrected chi connectivity index (χ2v) is 5.67. The first-order chi connectivity index (χ1) is 9.81. The molecule has 1 aliphatic heterocycles. The third-order valence-electron chi connectivity index (χ3n) is 4.28. The highest BCUT2D eigenvalue weighted by atomic mass is 16.4. The van der Waals surface area contributed by atoms with Crippen LogP contribution >= 0.6 is 0 Å². The molecule has 1 aromatic heterocycles. The molecule has 1 aliphatic rings. The van der Waals surface area contributed by atoms with E-state index in [4.69, 9.17) is 5.11 Å². The van der Waals surface area contributed by atoms with Crippen LogP contribution in [0.5, 0.6) is 0 Å². The maximum absolute atomic E-state index is 12.0. The average Bonchev–Trinajstić information content (AvgIpc) is 2.59. The first-order valence-corrected chi connectivity index (χ1v) is 7.01. The second-order valence-electron chi connectivity index (χ2n) is 5.67. The minimum absolute atomic E-state index is 0.0571. The summed E-state index contributed by atoms with van der Waals surface area (Å²) in [4.78, 5) is 24.6. The molecule has 0 saturated carbocycles. The highest BCUT2D eigenvalue weighted by Crippen LogP contribution is 2.24. The van der Waals surface area contributed by atoms with Gasteiger partial charge in [-0.3, -0.25) is 14.3 Å². The highest BCUT2D eigenvalue weighted by molar-refractivity contribution is 5.92. The summed E-state index contributed by atoms with van der Waals surface area (Å²) in [6.07, 6.45) is 3.33. The van der Waals surface area contributed by atoms with Gasteiger partial charge < -0.3 is 10.0 Å². The Bertz CT molecular complexity index is 598. The van der Waals surface area contributed by atoms with Crippen LogP contribution in [0.4, 0.5) is 0 Å². The summed E-state index contributed by atoms with van der Waals surface area (Å²) >= 11 is 0. The molecule has 0 bridgehead atoms. The molecule has 114 valence electrons. The lowest BCUT2D eigenvalue weighted by Gasteiger charge is -2.40. The van der Waals surface area contributed by atoms with Gasteiger partial charge in [0.1, 0.15) is 0 Å². The fraction of sp³-hybridized carbons (Fsp3) is 0.533. The van der Waals surface area contributed by atoms with Crippen LogP contribution in [-0.2, 0) is 16.6 Å². The quantitative estimate of drug-likeness (QED) is 0.847. The van der Waals surface area contributed by atoms with Crippen molar-refractivity contribution in [3.8, 4) is 0 Å².